The number of nitro benzene ring substituents is 1. The van der Waals surface area contributed by atoms with Crippen molar-refractivity contribution >= 4 is 11.5 Å². The molecule has 1 aliphatic heterocycles. The largest absolute Gasteiger partial charge is 0.350 e. The summed E-state index contributed by atoms with van der Waals surface area (Å²) in [7, 11) is 0. The molecular formula is C20H16N2O3. The monoisotopic (exact) mass is 332 g/mol. The fraction of sp³-hybridized carbons (Fsp3) is 0.0500. The molecule has 0 aromatic heterocycles. The molecule has 5 heteroatoms. The lowest BCUT2D eigenvalue weighted by Crippen LogP contribution is -2.11. The summed E-state index contributed by atoms with van der Waals surface area (Å²) in [6, 6.07) is 6.63. The summed E-state index contributed by atoms with van der Waals surface area (Å²) in [4.78, 5) is 23.5. The van der Waals surface area contributed by atoms with E-state index in [-0.39, 0.29) is 16.4 Å². The first-order chi connectivity index (χ1) is 12.1. The summed E-state index contributed by atoms with van der Waals surface area (Å²) in [5.41, 5.74) is 2.97. The molecule has 3 rings (SSSR count). The first-order valence-electron chi connectivity index (χ1n) is 7.78. The number of non-ortho nitro benzene ring substituents is 1. The number of carbonyl (C=O) groups excluding carboxylic acids is 1. The van der Waals surface area contributed by atoms with Gasteiger partial charge in [0.25, 0.3) is 5.69 Å². The molecule has 1 aliphatic carbocycles. The van der Waals surface area contributed by atoms with Gasteiger partial charge in [0.15, 0.2) is 5.78 Å². The van der Waals surface area contributed by atoms with Gasteiger partial charge < -0.3 is 4.90 Å². The first-order valence-corrected chi connectivity index (χ1v) is 7.78. The van der Waals surface area contributed by atoms with Crippen molar-refractivity contribution < 1.29 is 9.72 Å². The zero-order valence-corrected chi connectivity index (χ0v) is 13.4. The van der Waals surface area contributed by atoms with Crippen molar-refractivity contribution in [2.45, 2.75) is 6.54 Å². The maximum absolute atomic E-state index is 11.1. The lowest BCUT2D eigenvalue weighted by molar-refractivity contribution is -0.384. The molecule has 124 valence electrons. The van der Waals surface area contributed by atoms with Crippen molar-refractivity contribution in [2.75, 3.05) is 0 Å². The first kappa shape index (κ1) is 16.4. The zero-order valence-electron chi connectivity index (χ0n) is 13.4. The molecule has 1 aromatic carbocycles. The highest BCUT2D eigenvalue weighted by molar-refractivity contribution is 6.01. The van der Waals surface area contributed by atoms with Crippen LogP contribution in [0.5, 0.6) is 0 Å². The number of carbonyl (C=O) groups is 1. The van der Waals surface area contributed by atoms with Gasteiger partial charge in [-0.2, -0.15) is 0 Å². The summed E-state index contributed by atoms with van der Waals surface area (Å²) in [6.45, 7) is 0.566. The van der Waals surface area contributed by atoms with Crippen LogP contribution in [0.15, 0.2) is 96.4 Å². The van der Waals surface area contributed by atoms with Crippen molar-refractivity contribution in [3.63, 3.8) is 0 Å². The molecule has 0 unspecified atom stereocenters. The van der Waals surface area contributed by atoms with Gasteiger partial charge in [0.1, 0.15) is 0 Å². The van der Waals surface area contributed by atoms with Crippen LogP contribution >= 0.6 is 0 Å². The molecule has 0 atom stereocenters. The third kappa shape index (κ3) is 4.51. The topological polar surface area (TPSA) is 63.5 Å². The van der Waals surface area contributed by atoms with Gasteiger partial charge in [-0.3, -0.25) is 14.9 Å². The Bertz CT molecular complexity index is 852. The smallest absolute Gasteiger partial charge is 0.269 e. The number of nitro groups is 1. The average molecular weight is 332 g/mol. The quantitative estimate of drug-likeness (QED) is 0.618. The maximum Gasteiger partial charge on any atom is 0.269 e. The van der Waals surface area contributed by atoms with Crippen LogP contribution in [0.3, 0.4) is 0 Å². The van der Waals surface area contributed by atoms with E-state index in [2.05, 4.69) is 0 Å². The zero-order chi connectivity index (χ0) is 17.6. The SMILES string of the molecule is O=C1C=CC(=CC=C2C=CN(Cc3cccc([N+](=O)[O-])c3)C=C2)C=C1. The van der Waals surface area contributed by atoms with Gasteiger partial charge in [0.2, 0.25) is 0 Å². The van der Waals surface area contributed by atoms with E-state index in [0.717, 1.165) is 16.7 Å². The summed E-state index contributed by atoms with van der Waals surface area (Å²) in [6.07, 6.45) is 18.4. The molecule has 1 aromatic rings. The van der Waals surface area contributed by atoms with Gasteiger partial charge in [0, 0.05) is 31.1 Å². The number of benzene rings is 1. The molecule has 0 fully saturated rings. The number of hydrogen-bond acceptors (Lipinski definition) is 4. The summed E-state index contributed by atoms with van der Waals surface area (Å²) < 4.78 is 0. The minimum Gasteiger partial charge on any atom is -0.350 e. The summed E-state index contributed by atoms with van der Waals surface area (Å²) >= 11 is 0. The Morgan fingerprint density at radius 1 is 0.960 bits per heavy atom. The van der Waals surface area contributed by atoms with Crippen LogP contribution in [0.4, 0.5) is 5.69 Å². The van der Waals surface area contributed by atoms with Crippen molar-refractivity contribution in [1.29, 1.82) is 0 Å². The van der Waals surface area contributed by atoms with Crippen LogP contribution in [0.25, 0.3) is 0 Å². The minimum absolute atomic E-state index is 0.000878. The highest BCUT2D eigenvalue weighted by Gasteiger charge is 2.08. The summed E-state index contributed by atoms with van der Waals surface area (Å²) in [5, 5.41) is 10.8. The van der Waals surface area contributed by atoms with Crippen molar-refractivity contribution in [2.24, 2.45) is 0 Å². The van der Waals surface area contributed by atoms with Gasteiger partial charge in [0.05, 0.1) is 4.92 Å². The van der Waals surface area contributed by atoms with E-state index in [1.807, 2.05) is 47.7 Å². The molecule has 2 aliphatic rings. The van der Waals surface area contributed by atoms with E-state index >= 15 is 0 Å². The predicted octanol–water partition coefficient (Wildman–Crippen LogP) is 3.99. The van der Waals surface area contributed by atoms with Crippen molar-refractivity contribution in [1.82, 2.24) is 4.90 Å². The van der Waals surface area contributed by atoms with Crippen molar-refractivity contribution in [3.8, 4) is 0 Å². The Hall–Kier alpha value is -3.47. The molecule has 1 heterocycles. The number of rotatable bonds is 4. The van der Waals surface area contributed by atoms with Crippen LogP contribution in [-0.2, 0) is 11.3 Å². The third-order valence-electron chi connectivity index (χ3n) is 3.75. The van der Waals surface area contributed by atoms with E-state index in [1.165, 1.54) is 18.2 Å². The average Bonchev–Trinajstić information content (AvgIpc) is 2.63. The third-order valence-corrected chi connectivity index (χ3v) is 3.75. The molecule has 5 nitrogen and oxygen atoms in total. The highest BCUT2D eigenvalue weighted by Crippen LogP contribution is 2.18. The maximum atomic E-state index is 11.1. The van der Waals surface area contributed by atoms with E-state index in [0.29, 0.717) is 6.54 Å². The molecule has 0 N–H and O–H groups in total. The lowest BCUT2D eigenvalue weighted by atomic mass is 10.1. The Morgan fingerprint density at radius 3 is 2.24 bits per heavy atom. The summed E-state index contributed by atoms with van der Waals surface area (Å²) in [5.74, 6) is -0.000878. The molecule has 0 saturated carbocycles. The van der Waals surface area contributed by atoms with Gasteiger partial charge in [-0.25, -0.2) is 0 Å². The molecular weight excluding hydrogens is 316 g/mol. The van der Waals surface area contributed by atoms with Crippen LogP contribution in [0.2, 0.25) is 0 Å². The van der Waals surface area contributed by atoms with Crippen molar-refractivity contribution in [3.05, 3.63) is 112 Å². The van der Waals surface area contributed by atoms with Crippen LogP contribution < -0.4 is 0 Å². The lowest BCUT2D eigenvalue weighted by Gasteiger charge is -2.18. The number of ketones is 1. The number of nitrogens with zero attached hydrogens (tertiary/aromatic N) is 2. The predicted molar refractivity (Wildman–Crippen MR) is 96.4 cm³/mol. The standard InChI is InChI=1S/C20H16N2O3/c23-20-8-6-16(7-9-20)4-5-17-10-12-21(13-11-17)15-18-2-1-3-19(14-18)22(24)25/h1-14H,15H2. The Kier molecular flexibility index (Phi) is 4.85. The van der Waals surface area contributed by atoms with Gasteiger partial charge in [-0.05, 0) is 41.0 Å². The van der Waals surface area contributed by atoms with Crippen LogP contribution in [-0.4, -0.2) is 15.6 Å². The van der Waals surface area contributed by atoms with Gasteiger partial charge >= 0.3 is 0 Å². The molecule has 0 amide bonds. The van der Waals surface area contributed by atoms with E-state index in [9.17, 15) is 14.9 Å². The second-order valence-corrected chi connectivity index (χ2v) is 5.63. The molecule has 0 radical (unpaired) electrons. The Balaban J connectivity index is 1.63. The van der Waals surface area contributed by atoms with E-state index in [1.54, 1.807) is 24.3 Å². The second kappa shape index (κ2) is 7.40. The van der Waals surface area contributed by atoms with Crippen LogP contribution in [0, 0.1) is 10.1 Å². The molecule has 0 saturated heterocycles. The molecule has 0 spiro atoms. The molecule has 0 bridgehead atoms. The Labute approximate surface area is 145 Å². The minimum atomic E-state index is -0.387. The fourth-order valence-electron chi connectivity index (χ4n) is 2.44. The Morgan fingerprint density at radius 2 is 1.60 bits per heavy atom. The second-order valence-electron chi connectivity index (χ2n) is 5.63. The van der Waals surface area contributed by atoms with Gasteiger partial charge in [-0.15, -0.1) is 0 Å². The van der Waals surface area contributed by atoms with E-state index in [4.69, 9.17) is 0 Å². The fourth-order valence-corrected chi connectivity index (χ4v) is 2.44. The number of allylic oxidation sites excluding steroid dienone is 10. The van der Waals surface area contributed by atoms with Gasteiger partial charge in [-0.1, -0.05) is 36.4 Å². The molecule has 25 heavy (non-hydrogen) atoms. The van der Waals surface area contributed by atoms with Crippen LogP contribution in [0.1, 0.15) is 5.56 Å². The normalized spacial score (nSPS) is 15.7. The highest BCUT2D eigenvalue weighted by atomic mass is 16.6. The van der Waals surface area contributed by atoms with E-state index < -0.39 is 0 Å². The number of hydrogen-bond donors (Lipinski definition) is 0.